The van der Waals surface area contributed by atoms with Crippen molar-refractivity contribution in [2.24, 2.45) is 0 Å². The number of rotatable bonds is 2. The predicted molar refractivity (Wildman–Crippen MR) is 69.7 cm³/mol. The van der Waals surface area contributed by atoms with Crippen LogP contribution >= 0.6 is 0 Å². The van der Waals surface area contributed by atoms with Gasteiger partial charge in [0.15, 0.2) is 5.82 Å². The first-order chi connectivity index (χ1) is 8.74. The molecule has 1 aliphatic rings. The summed E-state index contributed by atoms with van der Waals surface area (Å²) in [6.07, 6.45) is 5.95. The van der Waals surface area contributed by atoms with Crippen molar-refractivity contribution in [2.45, 2.75) is 19.8 Å². The van der Waals surface area contributed by atoms with Gasteiger partial charge in [0, 0.05) is 25.0 Å². The first-order valence-corrected chi connectivity index (χ1v) is 6.30. The molecule has 3 rings (SSSR count). The molecule has 0 saturated carbocycles. The van der Waals surface area contributed by atoms with Crippen molar-refractivity contribution < 1.29 is 4.39 Å². The topological polar surface area (TPSA) is 21.1 Å². The average molecular weight is 245 g/mol. The summed E-state index contributed by atoms with van der Waals surface area (Å²) < 4.78 is 15.7. The molecule has 0 aliphatic carbocycles. The molecule has 1 aromatic heterocycles. The van der Waals surface area contributed by atoms with E-state index in [2.05, 4.69) is 10.00 Å². The Labute approximate surface area is 106 Å². The second-order valence-electron chi connectivity index (χ2n) is 4.79. The third-order valence-electron chi connectivity index (χ3n) is 3.36. The molecule has 0 amide bonds. The van der Waals surface area contributed by atoms with E-state index in [1.54, 1.807) is 23.0 Å². The molecule has 3 nitrogen and oxygen atoms in total. The van der Waals surface area contributed by atoms with Gasteiger partial charge in [0.25, 0.3) is 0 Å². The summed E-state index contributed by atoms with van der Waals surface area (Å²) in [6.45, 7) is 4.00. The van der Waals surface area contributed by atoms with Crippen molar-refractivity contribution in [2.75, 3.05) is 18.0 Å². The first kappa shape index (κ1) is 11.3. The number of hydrogen-bond acceptors (Lipinski definition) is 2. The Bertz CT molecular complexity index is 556. The van der Waals surface area contributed by atoms with E-state index < -0.39 is 0 Å². The minimum absolute atomic E-state index is 0.220. The number of benzene rings is 1. The molecule has 1 aromatic carbocycles. The number of halogens is 1. The van der Waals surface area contributed by atoms with Crippen molar-refractivity contribution in [1.29, 1.82) is 0 Å². The van der Waals surface area contributed by atoms with Crippen LogP contribution in [0.25, 0.3) is 5.69 Å². The van der Waals surface area contributed by atoms with Crippen LogP contribution in [0.3, 0.4) is 0 Å². The van der Waals surface area contributed by atoms with Crippen molar-refractivity contribution in [3.05, 3.63) is 42.0 Å². The summed E-state index contributed by atoms with van der Waals surface area (Å²) in [4.78, 5) is 2.22. The number of aromatic nitrogens is 2. The molecule has 0 radical (unpaired) electrons. The average Bonchev–Trinajstić information content (AvgIpc) is 2.99. The Hall–Kier alpha value is -1.84. The van der Waals surface area contributed by atoms with Gasteiger partial charge in [0.05, 0.1) is 6.20 Å². The molecule has 0 atom stereocenters. The van der Waals surface area contributed by atoms with Gasteiger partial charge in [0.2, 0.25) is 0 Å². The van der Waals surface area contributed by atoms with E-state index >= 15 is 0 Å². The molecule has 2 aromatic rings. The number of anilines is 1. The molecule has 1 saturated heterocycles. The van der Waals surface area contributed by atoms with E-state index in [1.165, 1.54) is 12.8 Å². The summed E-state index contributed by atoms with van der Waals surface area (Å²) in [6, 6.07) is 5.38. The van der Waals surface area contributed by atoms with E-state index in [-0.39, 0.29) is 5.82 Å². The van der Waals surface area contributed by atoms with Crippen LogP contribution in [0.5, 0.6) is 0 Å². The third kappa shape index (κ3) is 1.98. The second kappa shape index (κ2) is 4.44. The molecule has 94 valence electrons. The monoisotopic (exact) mass is 245 g/mol. The maximum absolute atomic E-state index is 14.1. The zero-order valence-electron chi connectivity index (χ0n) is 10.4. The fourth-order valence-electron chi connectivity index (χ4n) is 2.40. The van der Waals surface area contributed by atoms with Crippen LogP contribution in [0.1, 0.15) is 18.4 Å². The highest BCUT2D eigenvalue weighted by Gasteiger charge is 2.14. The Kier molecular flexibility index (Phi) is 2.78. The lowest BCUT2D eigenvalue weighted by atomic mass is 10.2. The van der Waals surface area contributed by atoms with Crippen LogP contribution in [0, 0.1) is 12.7 Å². The Balaban J connectivity index is 1.93. The molecule has 0 spiro atoms. The van der Waals surface area contributed by atoms with E-state index in [0.717, 1.165) is 24.3 Å². The van der Waals surface area contributed by atoms with Gasteiger partial charge in [-0.25, -0.2) is 9.07 Å². The van der Waals surface area contributed by atoms with Crippen LogP contribution < -0.4 is 4.90 Å². The lowest BCUT2D eigenvalue weighted by Gasteiger charge is -2.18. The summed E-state index contributed by atoms with van der Waals surface area (Å²) in [7, 11) is 0. The molecule has 0 N–H and O–H groups in total. The highest BCUT2D eigenvalue weighted by molar-refractivity contribution is 5.52. The molecule has 18 heavy (non-hydrogen) atoms. The fourth-order valence-corrected chi connectivity index (χ4v) is 2.40. The molecule has 1 fully saturated rings. The molecule has 4 heteroatoms. The molecule has 0 bridgehead atoms. The number of aryl methyl sites for hydroxylation is 1. The fraction of sp³-hybridized carbons (Fsp3) is 0.357. The quantitative estimate of drug-likeness (QED) is 0.811. The van der Waals surface area contributed by atoms with Crippen LogP contribution in [0.4, 0.5) is 10.1 Å². The standard InChI is InChI=1S/C14H16FN3/c1-11-9-16-18(10-11)14-5-4-12(8-13(14)15)17-6-2-3-7-17/h4-5,8-10H,2-3,6-7H2,1H3. The largest absolute Gasteiger partial charge is 0.371 e. The zero-order chi connectivity index (χ0) is 12.5. The van der Waals surface area contributed by atoms with Gasteiger partial charge in [-0.05, 0) is 43.5 Å². The van der Waals surface area contributed by atoms with E-state index in [0.29, 0.717) is 5.69 Å². The van der Waals surface area contributed by atoms with Gasteiger partial charge in [-0.2, -0.15) is 5.10 Å². The minimum Gasteiger partial charge on any atom is -0.371 e. The second-order valence-corrected chi connectivity index (χ2v) is 4.79. The minimum atomic E-state index is -0.220. The third-order valence-corrected chi connectivity index (χ3v) is 3.36. The Morgan fingerprint density at radius 1 is 1.22 bits per heavy atom. The first-order valence-electron chi connectivity index (χ1n) is 6.30. The van der Waals surface area contributed by atoms with E-state index in [1.807, 2.05) is 19.2 Å². The smallest absolute Gasteiger partial charge is 0.150 e. The lowest BCUT2D eigenvalue weighted by Crippen LogP contribution is -2.17. The van der Waals surface area contributed by atoms with Gasteiger partial charge in [-0.15, -0.1) is 0 Å². The summed E-state index contributed by atoms with van der Waals surface area (Å²) >= 11 is 0. The zero-order valence-corrected chi connectivity index (χ0v) is 10.4. The predicted octanol–water partition coefficient (Wildman–Crippen LogP) is 2.92. The molecule has 2 heterocycles. The van der Waals surface area contributed by atoms with Crippen LogP contribution in [-0.4, -0.2) is 22.9 Å². The van der Waals surface area contributed by atoms with Crippen LogP contribution in [0.15, 0.2) is 30.6 Å². The maximum atomic E-state index is 14.1. The Morgan fingerprint density at radius 3 is 2.61 bits per heavy atom. The lowest BCUT2D eigenvalue weighted by molar-refractivity contribution is 0.610. The van der Waals surface area contributed by atoms with Crippen molar-refractivity contribution in [1.82, 2.24) is 9.78 Å². The van der Waals surface area contributed by atoms with Gasteiger partial charge >= 0.3 is 0 Å². The van der Waals surface area contributed by atoms with Gasteiger partial charge < -0.3 is 4.90 Å². The van der Waals surface area contributed by atoms with Crippen molar-refractivity contribution in [3.63, 3.8) is 0 Å². The highest BCUT2D eigenvalue weighted by atomic mass is 19.1. The van der Waals surface area contributed by atoms with Gasteiger partial charge in [-0.1, -0.05) is 0 Å². The normalized spacial score (nSPS) is 15.3. The van der Waals surface area contributed by atoms with Gasteiger partial charge in [-0.3, -0.25) is 0 Å². The summed E-state index contributed by atoms with van der Waals surface area (Å²) in [5.41, 5.74) is 2.50. The Morgan fingerprint density at radius 2 is 2.00 bits per heavy atom. The summed E-state index contributed by atoms with van der Waals surface area (Å²) in [5.74, 6) is -0.220. The van der Waals surface area contributed by atoms with E-state index in [4.69, 9.17) is 0 Å². The molecule has 1 aliphatic heterocycles. The molecular formula is C14H16FN3. The van der Waals surface area contributed by atoms with E-state index in [9.17, 15) is 4.39 Å². The number of hydrogen-bond donors (Lipinski definition) is 0. The van der Waals surface area contributed by atoms with Crippen molar-refractivity contribution >= 4 is 5.69 Å². The highest BCUT2D eigenvalue weighted by Crippen LogP contribution is 2.24. The SMILES string of the molecule is Cc1cnn(-c2ccc(N3CCCC3)cc2F)c1. The van der Waals surface area contributed by atoms with Gasteiger partial charge in [0.1, 0.15) is 5.69 Å². The van der Waals surface area contributed by atoms with Crippen LogP contribution in [0.2, 0.25) is 0 Å². The molecular weight excluding hydrogens is 229 g/mol. The maximum Gasteiger partial charge on any atom is 0.150 e. The molecule has 0 unspecified atom stereocenters. The van der Waals surface area contributed by atoms with Crippen LogP contribution in [-0.2, 0) is 0 Å². The van der Waals surface area contributed by atoms with Crippen molar-refractivity contribution in [3.8, 4) is 5.69 Å². The number of nitrogens with zero attached hydrogens (tertiary/aromatic N) is 3. The summed E-state index contributed by atoms with van der Waals surface area (Å²) in [5, 5.41) is 4.14.